The van der Waals surface area contributed by atoms with Gasteiger partial charge in [0.2, 0.25) is 0 Å². The first-order chi connectivity index (χ1) is 8.81. The highest BCUT2D eigenvalue weighted by molar-refractivity contribution is 5.69. The summed E-state index contributed by atoms with van der Waals surface area (Å²) < 4.78 is 5.39. The van der Waals surface area contributed by atoms with E-state index in [1.54, 1.807) is 4.90 Å². The zero-order chi connectivity index (χ0) is 14.2. The van der Waals surface area contributed by atoms with E-state index in [0.717, 1.165) is 22.3 Å². The van der Waals surface area contributed by atoms with E-state index in [-0.39, 0.29) is 12.7 Å². The van der Waals surface area contributed by atoms with Crippen molar-refractivity contribution in [3.05, 3.63) is 34.4 Å². The zero-order valence-electron chi connectivity index (χ0n) is 12.0. The normalized spacial score (nSPS) is 14.5. The van der Waals surface area contributed by atoms with Gasteiger partial charge in [-0.15, -0.1) is 0 Å². The number of carbonyl (C=O) groups excluding carboxylic acids is 1. The van der Waals surface area contributed by atoms with Crippen molar-refractivity contribution < 1.29 is 14.6 Å². The van der Waals surface area contributed by atoms with Gasteiger partial charge in [0.15, 0.2) is 0 Å². The highest BCUT2D eigenvalue weighted by Crippen LogP contribution is 2.29. The number of benzene rings is 1. The maximum atomic E-state index is 12.0. The number of aliphatic hydroxyl groups excluding tert-OH is 1. The van der Waals surface area contributed by atoms with Crippen LogP contribution in [0.2, 0.25) is 0 Å². The van der Waals surface area contributed by atoms with Crippen LogP contribution in [-0.2, 0) is 24.4 Å². The lowest BCUT2D eigenvalue weighted by molar-refractivity contribution is 0.0241. The van der Waals surface area contributed by atoms with Crippen LogP contribution >= 0.6 is 0 Å². The van der Waals surface area contributed by atoms with Gasteiger partial charge in [-0.25, -0.2) is 4.79 Å². The predicted molar refractivity (Wildman–Crippen MR) is 72.6 cm³/mol. The van der Waals surface area contributed by atoms with Gasteiger partial charge in [0.1, 0.15) is 5.60 Å². The Hall–Kier alpha value is -1.55. The fourth-order valence-electron chi connectivity index (χ4n) is 2.31. The van der Waals surface area contributed by atoms with Crippen LogP contribution in [0.15, 0.2) is 12.1 Å². The number of amides is 1. The van der Waals surface area contributed by atoms with Crippen LogP contribution < -0.4 is 0 Å². The average molecular weight is 263 g/mol. The summed E-state index contributed by atoms with van der Waals surface area (Å²) >= 11 is 0. The largest absolute Gasteiger partial charge is 0.444 e. The lowest BCUT2D eigenvalue weighted by Gasteiger charge is -2.24. The molecule has 1 aliphatic rings. The molecule has 0 aliphatic carbocycles. The fraction of sp³-hybridized carbons (Fsp3) is 0.533. The van der Waals surface area contributed by atoms with Crippen molar-refractivity contribution in [1.82, 2.24) is 4.90 Å². The molecule has 4 nitrogen and oxygen atoms in total. The highest BCUT2D eigenvalue weighted by Gasteiger charge is 2.28. The summed E-state index contributed by atoms with van der Waals surface area (Å²) in [5.41, 5.74) is 3.80. The molecule has 0 radical (unpaired) electrons. The molecule has 1 heterocycles. The Labute approximate surface area is 114 Å². The first-order valence-corrected chi connectivity index (χ1v) is 6.51. The van der Waals surface area contributed by atoms with E-state index >= 15 is 0 Å². The minimum absolute atomic E-state index is 0.0333. The Morgan fingerprint density at radius 2 is 2.05 bits per heavy atom. The SMILES string of the molecule is Cc1c(CO)ccc2c1CN(C(=O)OC(C)(C)C)C2. The van der Waals surface area contributed by atoms with E-state index in [1.165, 1.54) is 0 Å². The second kappa shape index (κ2) is 4.85. The van der Waals surface area contributed by atoms with E-state index in [4.69, 9.17) is 4.74 Å². The second-order valence-corrected chi connectivity index (χ2v) is 5.98. The number of hydrogen-bond acceptors (Lipinski definition) is 3. The minimum atomic E-state index is -0.475. The Balaban J connectivity index is 2.17. The van der Waals surface area contributed by atoms with Crippen LogP contribution in [-0.4, -0.2) is 21.7 Å². The van der Waals surface area contributed by atoms with E-state index < -0.39 is 5.60 Å². The van der Waals surface area contributed by atoms with Crippen molar-refractivity contribution in [2.75, 3.05) is 0 Å². The Morgan fingerprint density at radius 3 is 2.63 bits per heavy atom. The molecule has 19 heavy (non-hydrogen) atoms. The van der Waals surface area contributed by atoms with Gasteiger partial charge in [0, 0.05) is 13.1 Å². The molecule has 1 aromatic carbocycles. The summed E-state index contributed by atoms with van der Waals surface area (Å²) in [6.45, 7) is 8.75. The van der Waals surface area contributed by atoms with E-state index in [1.807, 2.05) is 39.8 Å². The summed E-state index contributed by atoms with van der Waals surface area (Å²) in [4.78, 5) is 13.7. The summed E-state index contributed by atoms with van der Waals surface area (Å²) in [5, 5.41) is 9.27. The van der Waals surface area contributed by atoms with E-state index in [0.29, 0.717) is 13.1 Å². The number of fused-ring (bicyclic) bond motifs is 1. The van der Waals surface area contributed by atoms with Crippen molar-refractivity contribution in [2.24, 2.45) is 0 Å². The quantitative estimate of drug-likeness (QED) is 0.847. The standard InChI is InChI=1S/C15H21NO3/c1-10-12(9-17)6-5-11-7-16(8-13(10)11)14(18)19-15(2,3)4/h5-6,17H,7-9H2,1-4H3. The Bertz CT molecular complexity index is 503. The van der Waals surface area contributed by atoms with Crippen molar-refractivity contribution in [3.63, 3.8) is 0 Å². The van der Waals surface area contributed by atoms with Crippen molar-refractivity contribution in [3.8, 4) is 0 Å². The zero-order valence-corrected chi connectivity index (χ0v) is 12.0. The molecule has 0 aromatic heterocycles. The minimum Gasteiger partial charge on any atom is -0.444 e. The number of nitrogens with zero attached hydrogens (tertiary/aromatic N) is 1. The van der Waals surface area contributed by atoms with Gasteiger partial charge in [0.25, 0.3) is 0 Å². The Kier molecular flexibility index (Phi) is 3.54. The summed E-state index contributed by atoms with van der Waals surface area (Å²) in [7, 11) is 0. The number of ether oxygens (including phenoxy) is 1. The molecule has 4 heteroatoms. The third kappa shape index (κ3) is 2.89. The molecule has 0 spiro atoms. The molecule has 104 valence electrons. The van der Waals surface area contributed by atoms with Gasteiger partial charge in [-0.3, -0.25) is 4.90 Å². The third-order valence-corrected chi connectivity index (χ3v) is 3.34. The molecule has 1 aromatic rings. The summed E-state index contributed by atoms with van der Waals surface area (Å²) in [5.74, 6) is 0. The average Bonchev–Trinajstić information content (AvgIpc) is 2.72. The molecule has 0 unspecified atom stereocenters. The van der Waals surface area contributed by atoms with Crippen LogP contribution in [0.1, 0.15) is 43.0 Å². The van der Waals surface area contributed by atoms with E-state index in [2.05, 4.69) is 0 Å². The monoisotopic (exact) mass is 263 g/mol. The van der Waals surface area contributed by atoms with Crippen LogP contribution in [0.3, 0.4) is 0 Å². The van der Waals surface area contributed by atoms with Crippen molar-refractivity contribution in [2.45, 2.75) is 53.0 Å². The van der Waals surface area contributed by atoms with Gasteiger partial charge < -0.3 is 9.84 Å². The van der Waals surface area contributed by atoms with Gasteiger partial charge in [-0.2, -0.15) is 0 Å². The summed E-state index contributed by atoms with van der Waals surface area (Å²) in [6.07, 6.45) is -0.284. The van der Waals surface area contributed by atoms with Crippen LogP contribution in [0.25, 0.3) is 0 Å². The van der Waals surface area contributed by atoms with Crippen molar-refractivity contribution >= 4 is 6.09 Å². The first kappa shape index (κ1) is 13.9. The molecule has 2 rings (SSSR count). The number of carbonyl (C=O) groups is 1. The van der Waals surface area contributed by atoms with Gasteiger partial charge >= 0.3 is 6.09 Å². The van der Waals surface area contributed by atoms with Crippen LogP contribution in [0.4, 0.5) is 4.79 Å². The lowest BCUT2D eigenvalue weighted by Crippen LogP contribution is -2.33. The van der Waals surface area contributed by atoms with Gasteiger partial charge in [-0.05, 0) is 49.9 Å². The smallest absolute Gasteiger partial charge is 0.410 e. The first-order valence-electron chi connectivity index (χ1n) is 6.51. The number of aliphatic hydroxyl groups is 1. The molecule has 0 saturated heterocycles. The van der Waals surface area contributed by atoms with Crippen molar-refractivity contribution in [1.29, 1.82) is 0 Å². The molecule has 1 amide bonds. The van der Waals surface area contributed by atoms with Crippen LogP contribution in [0, 0.1) is 6.92 Å². The molecule has 1 N–H and O–H groups in total. The fourth-order valence-corrected chi connectivity index (χ4v) is 2.31. The Morgan fingerprint density at radius 1 is 1.37 bits per heavy atom. The third-order valence-electron chi connectivity index (χ3n) is 3.34. The lowest BCUT2D eigenvalue weighted by atomic mass is 9.99. The molecule has 0 saturated carbocycles. The molecule has 0 atom stereocenters. The van der Waals surface area contributed by atoms with Crippen LogP contribution in [0.5, 0.6) is 0 Å². The number of rotatable bonds is 1. The van der Waals surface area contributed by atoms with E-state index in [9.17, 15) is 9.90 Å². The molecule has 0 bridgehead atoms. The van der Waals surface area contributed by atoms with Gasteiger partial charge in [0.05, 0.1) is 6.61 Å². The summed E-state index contributed by atoms with van der Waals surface area (Å²) in [6, 6.07) is 3.91. The predicted octanol–water partition coefficient (Wildman–Crippen LogP) is 2.74. The molecule has 0 fully saturated rings. The second-order valence-electron chi connectivity index (χ2n) is 5.98. The highest BCUT2D eigenvalue weighted by atomic mass is 16.6. The topological polar surface area (TPSA) is 49.8 Å². The maximum Gasteiger partial charge on any atom is 0.410 e. The molecule has 1 aliphatic heterocycles. The maximum absolute atomic E-state index is 12.0. The molecular weight excluding hydrogens is 242 g/mol. The molecular formula is C15H21NO3. The van der Waals surface area contributed by atoms with Gasteiger partial charge in [-0.1, -0.05) is 12.1 Å². The number of hydrogen-bond donors (Lipinski definition) is 1.